The van der Waals surface area contributed by atoms with E-state index in [0.717, 1.165) is 30.3 Å². The van der Waals surface area contributed by atoms with Gasteiger partial charge in [-0.3, -0.25) is 10.1 Å². The lowest BCUT2D eigenvalue weighted by Gasteiger charge is -2.00. The number of aromatic nitrogens is 2. The van der Waals surface area contributed by atoms with Gasteiger partial charge in [0, 0.05) is 26.2 Å². The molecule has 5 nitrogen and oxygen atoms in total. The number of hydrogen-bond acceptors (Lipinski definition) is 6. The van der Waals surface area contributed by atoms with E-state index < -0.39 is 0 Å². The van der Waals surface area contributed by atoms with Crippen molar-refractivity contribution in [2.75, 3.05) is 5.32 Å². The van der Waals surface area contributed by atoms with E-state index in [1.807, 2.05) is 49.4 Å². The molecule has 0 saturated carbocycles. The van der Waals surface area contributed by atoms with Crippen molar-refractivity contribution in [2.24, 2.45) is 0 Å². The van der Waals surface area contributed by atoms with Gasteiger partial charge in [0.15, 0.2) is 10.1 Å². The zero-order chi connectivity index (χ0) is 19.7. The standard InChI is InChI=1S/C19H13BrClN3O2S2/c1-10-13-7-6-12(20)8-15(13)26-16(10)17(25)22-18-23-24-19(28-18)27-9-11-4-2-3-5-14(11)21/h2-8H,9H2,1H3,(H,22,23,25). The Kier molecular flexibility index (Phi) is 5.73. The number of hydrogen-bond donors (Lipinski definition) is 1. The van der Waals surface area contributed by atoms with Crippen molar-refractivity contribution in [3.8, 4) is 0 Å². The molecule has 0 aliphatic heterocycles. The van der Waals surface area contributed by atoms with Crippen LogP contribution in [0.3, 0.4) is 0 Å². The summed E-state index contributed by atoms with van der Waals surface area (Å²) in [6.45, 7) is 1.86. The first-order valence-corrected chi connectivity index (χ1v) is 11.2. The lowest BCUT2D eigenvalue weighted by atomic mass is 10.1. The highest BCUT2D eigenvalue weighted by Crippen LogP contribution is 2.32. The van der Waals surface area contributed by atoms with Crippen LogP contribution in [0.15, 0.2) is 55.7 Å². The van der Waals surface area contributed by atoms with Crippen molar-refractivity contribution in [3.05, 3.63) is 68.8 Å². The predicted molar refractivity (Wildman–Crippen MR) is 118 cm³/mol. The Morgan fingerprint density at radius 3 is 2.93 bits per heavy atom. The van der Waals surface area contributed by atoms with Crippen LogP contribution in [-0.4, -0.2) is 16.1 Å². The molecule has 0 unspecified atom stereocenters. The second-order valence-corrected chi connectivity index (χ2v) is 9.43. The summed E-state index contributed by atoms with van der Waals surface area (Å²) in [5.74, 6) is 0.608. The third-order valence-electron chi connectivity index (χ3n) is 4.04. The van der Waals surface area contributed by atoms with Crippen LogP contribution < -0.4 is 5.32 Å². The number of nitrogens with zero attached hydrogens (tertiary/aromatic N) is 2. The quantitative estimate of drug-likeness (QED) is 0.251. The molecule has 142 valence electrons. The molecule has 0 atom stereocenters. The van der Waals surface area contributed by atoms with E-state index >= 15 is 0 Å². The van der Waals surface area contributed by atoms with Gasteiger partial charge in [0.05, 0.1) is 0 Å². The van der Waals surface area contributed by atoms with Crippen LogP contribution in [0.4, 0.5) is 5.13 Å². The van der Waals surface area contributed by atoms with E-state index in [1.54, 1.807) is 0 Å². The molecular weight excluding hydrogens is 482 g/mol. The number of nitrogens with one attached hydrogen (secondary N) is 1. The zero-order valence-electron chi connectivity index (χ0n) is 14.5. The molecule has 2 aromatic heterocycles. The van der Waals surface area contributed by atoms with Crippen LogP contribution in [0.1, 0.15) is 21.7 Å². The molecule has 1 amide bonds. The molecule has 2 heterocycles. The summed E-state index contributed by atoms with van der Waals surface area (Å²) in [4.78, 5) is 12.6. The molecular formula is C19H13BrClN3O2S2. The van der Waals surface area contributed by atoms with Crippen LogP contribution in [-0.2, 0) is 5.75 Å². The Bertz CT molecular complexity index is 1180. The van der Waals surface area contributed by atoms with Gasteiger partial charge in [-0.15, -0.1) is 10.2 Å². The number of carbonyl (C=O) groups is 1. The molecule has 0 spiro atoms. The first-order chi connectivity index (χ1) is 13.5. The summed E-state index contributed by atoms with van der Waals surface area (Å²) in [6.07, 6.45) is 0. The monoisotopic (exact) mass is 493 g/mol. The summed E-state index contributed by atoms with van der Waals surface area (Å²) in [5, 5.41) is 13.0. The Balaban J connectivity index is 1.46. The van der Waals surface area contributed by atoms with Gasteiger partial charge < -0.3 is 4.42 Å². The molecule has 0 aliphatic carbocycles. The highest BCUT2D eigenvalue weighted by atomic mass is 79.9. The van der Waals surface area contributed by atoms with Crippen molar-refractivity contribution >= 4 is 72.6 Å². The van der Waals surface area contributed by atoms with Gasteiger partial charge in [-0.05, 0) is 36.8 Å². The van der Waals surface area contributed by atoms with E-state index in [1.165, 1.54) is 23.1 Å². The Morgan fingerprint density at radius 1 is 1.29 bits per heavy atom. The number of carbonyl (C=O) groups excluding carboxylic acids is 1. The van der Waals surface area contributed by atoms with Gasteiger partial charge in [0.2, 0.25) is 5.13 Å². The smallest absolute Gasteiger partial charge is 0.293 e. The minimum absolute atomic E-state index is 0.272. The van der Waals surface area contributed by atoms with Gasteiger partial charge in [-0.25, -0.2) is 0 Å². The number of thioether (sulfide) groups is 1. The van der Waals surface area contributed by atoms with E-state index in [-0.39, 0.29) is 11.7 Å². The topological polar surface area (TPSA) is 68.0 Å². The summed E-state index contributed by atoms with van der Waals surface area (Å²) >= 11 is 12.4. The van der Waals surface area contributed by atoms with E-state index in [2.05, 4.69) is 31.4 Å². The molecule has 0 aliphatic rings. The van der Waals surface area contributed by atoms with E-state index in [9.17, 15) is 4.79 Å². The van der Waals surface area contributed by atoms with Crippen molar-refractivity contribution in [2.45, 2.75) is 17.0 Å². The number of benzene rings is 2. The normalized spacial score (nSPS) is 11.1. The maximum absolute atomic E-state index is 12.6. The lowest BCUT2D eigenvalue weighted by Crippen LogP contribution is -2.11. The molecule has 9 heteroatoms. The number of rotatable bonds is 5. The minimum Gasteiger partial charge on any atom is -0.451 e. The number of anilines is 1. The number of aryl methyl sites for hydroxylation is 1. The van der Waals surface area contributed by atoms with Crippen LogP contribution in [0.5, 0.6) is 0 Å². The molecule has 0 fully saturated rings. The van der Waals surface area contributed by atoms with Crippen LogP contribution in [0.2, 0.25) is 5.02 Å². The van der Waals surface area contributed by atoms with Gasteiger partial charge in [0.1, 0.15) is 5.58 Å². The van der Waals surface area contributed by atoms with Crippen molar-refractivity contribution in [1.29, 1.82) is 0 Å². The molecule has 4 rings (SSSR count). The molecule has 0 saturated heterocycles. The first-order valence-electron chi connectivity index (χ1n) is 8.21. The number of fused-ring (bicyclic) bond motifs is 1. The fourth-order valence-corrected chi connectivity index (χ4v) is 5.02. The zero-order valence-corrected chi connectivity index (χ0v) is 18.5. The molecule has 28 heavy (non-hydrogen) atoms. The number of halogens is 2. The van der Waals surface area contributed by atoms with Crippen molar-refractivity contribution in [3.63, 3.8) is 0 Å². The molecule has 1 N–H and O–H groups in total. The number of furan rings is 1. The molecule has 0 radical (unpaired) electrons. The minimum atomic E-state index is -0.344. The fourth-order valence-electron chi connectivity index (χ4n) is 2.64. The average molecular weight is 495 g/mol. The summed E-state index contributed by atoms with van der Waals surface area (Å²) in [6, 6.07) is 13.4. The van der Waals surface area contributed by atoms with Crippen molar-refractivity contribution in [1.82, 2.24) is 10.2 Å². The Morgan fingerprint density at radius 2 is 2.11 bits per heavy atom. The predicted octanol–water partition coefficient (Wildman–Crippen LogP) is 6.55. The van der Waals surface area contributed by atoms with E-state index in [0.29, 0.717) is 16.5 Å². The summed E-state index contributed by atoms with van der Waals surface area (Å²) in [7, 11) is 0. The second-order valence-electron chi connectivity index (χ2n) is 5.90. The van der Waals surface area contributed by atoms with Gasteiger partial charge >= 0.3 is 0 Å². The fraction of sp³-hybridized carbons (Fsp3) is 0.105. The van der Waals surface area contributed by atoms with Gasteiger partial charge in [-0.1, -0.05) is 68.8 Å². The number of amides is 1. The average Bonchev–Trinajstić information content (AvgIpc) is 3.25. The van der Waals surface area contributed by atoms with Crippen LogP contribution in [0, 0.1) is 6.92 Å². The molecule has 2 aromatic carbocycles. The first kappa shape index (κ1) is 19.4. The maximum Gasteiger partial charge on any atom is 0.293 e. The largest absolute Gasteiger partial charge is 0.451 e. The maximum atomic E-state index is 12.6. The highest BCUT2D eigenvalue weighted by Gasteiger charge is 2.19. The lowest BCUT2D eigenvalue weighted by molar-refractivity contribution is 0.0998. The summed E-state index contributed by atoms with van der Waals surface area (Å²) in [5.41, 5.74) is 2.47. The SMILES string of the molecule is Cc1c(C(=O)Nc2nnc(SCc3ccccc3Cl)s2)oc2cc(Br)ccc12. The van der Waals surface area contributed by atoms with Gasteiger partial charge in [0.25, 0.3) is 5.91 Å². The molecule has 0 bridgehead atoms. The second kappa shape index (κ2) is 8.24. The Labute approximate surface area is 182 Å². The van der Waals surface area contributed by atoms with Crippen LogP contribution >= 0.6 is 50.6 Å². The molecule has 4 aromatic rings. The highest BCUT2D eigenvalue weighted by molar-refractivity contribution is 9.10. The van der Waals surface area contributed by atoms with Gasteiger partial charge in [-0.2, -0.15) is 0 Å². The Hall–Kier alpha value is -1.87. The van der Waals surface area contributed by atoms with Crippen molar-refractivity contribution < 1.29 is 9.21 Å². The summed E-state index contributed by atoms with van der Waals surface area (Å²) < 4.78 is 7.38. The van der Waals surface area contributed by atoms with Crippen LogP contribution in [0.25, 0.3) is 11.0 Å². The third-order valence-corrected chi connectivity index (χ3v) is 6.93. The van der Waals surface area contributed by atoms with E-state index in [4.69, 9.17) is 16.0 Å². The third kappa shape index (κ3) is 4.10.